The van der Waals surface area contributed by atoms with Crippen LogP contribution in [0.15, 0.2) is 54.7 Å². The van der Waals surface area contributed by atoms with Crippen LogP contribution in [0.1, 0.15) is 12.5 Å². The fraction of sp³-hybridized carbons (Fsp3) is 0.167. The monoisotopic (exact) mass is 296 g/mol. The number of carbonyl (C=O) groups is 1. The van der Waals surface area contributed by atoms with Crippen LogP contribution in [-0.4, -0.2) is 10.9 Å². The van der Waals surface area contributed by atoms with E-state index < -0.39 is 0 Å². The summed E-state index contributed by atoms with van der Waals surface area (Å²) in [5, 5.41) is 3.96. The van der Waals surface area contributed by atoms with E-state index in [9.17, 15) is 9.18 Å². The molecule has 22 heavy (non-hydrogen) atoms. The summed E-state index contributed by atoms with van der Waals surface area (Å²) in [5.74, 6) is -0.564. The average molecular weight is 296 g/mol. The second kappa shape index (κ2) is 6.02. The number of aromatic nitrogens is 1. The smallest absolute Gasteiger partial charge is 0.227 e. The summed E-state index contributed by atoms with van der Waals surface area (Å²) in [6.45, 7) is 1.89. The molecule has 0 bridgehead atoms. The van der Waals surface area contributed by atoms with Crippen molar-refractivity contribution < 1.29 is 9.18 Å². The van der Waals surface area contributed by atoms with Gasteiger partial charge in [0.2, 0.25) is 5.91 Å². The molecule has 0 fully saturated rings. The lowest BCUT2D eigenvalue weighted by Crippen LogP contribution is -2.22. The van der Waals surface area contributed by atoms with Gasteiger partial charge in [-0.3, -0.25) is 4.79 Å². The van der Waals surface area contributed by atoms with Crippen LogP contribution in [0.2, 0.25) is 0 Å². The number of hydrogen-bond donors (Lipinski definition) is 2. The van der Waals surface area contributed by atoms with Gasteiger partial charge in [-0.2, -0.15) is 0 Å². The molecule has 3 rings (SSSR count). The Morgan fingerprint density at radius 1 is 1.18 bits per heavy atom. The zero-order chi connectivity index (χ0) is 15.5. The first-order valence-electron chi connectivity index (χ1n) is 7.25. The lowest BCUT2D eigenvalue weighted by Gasteiger charge is -2.12. The number of fused-ring (bicyclic) bond motifs is 1. The molecule has 0 saturated carbocycles. The van der Waals surface area contributed by atoms with Gasteiger partial charge in [-0.25, -0.2) is 4.39 Å². The van der Waals surface area contributed by atoms with Crippen LogP contribution < -0.4 is 5.32 Å². The number of para-hydroxylation sites is 1. The molecule has 0 aliphatic rings. The van der Waals surface area contributed by atoms with Crippen molar-refractivity contribution >= 4 is 22.5 Å². The van der Waals surface area contributed by atoms with Crippen molar-refractivity contribution in [1.29, 1.82) is 0 Å². The first-order valence-corrected chi connectivity index (χ1v) is 7.25. The summed E-state index contributed by atoms with van der Waals surface area (Å²) in [4.78, 5) is 15.5. The molecular weight excluding hydrogens is 279 g/mol. The number of rotatable bonds is 4. The van der Waals surface area contributed by atoms with Crippen molar-refractivity contribution in [3.8, 4) is 0 Å². The zero-order valence-electron chi connectivity index (χ0n) is 12.3. The summed E-state index contributed by atoms with van der Waals surface area (Å²) in [7, 11) is 0. The molecule has 0 aliphatic heterocycles. The van der Waals surface area contributed by atoms with Crippen LogP contribution in [0.4, 0.5) is 10.1 Å². The molecule has 1 amide bonds. The number of carbonyl (C=O) groups excluding carboxylic acids is 1. The van der Waals surface area contributed by atoms with Gasteiger partial charge in [0.15, 0.2) is 0 Å². The second-order valence-electron chi connectivity index (χ2n) is 5.46. The Balaban J connectivity index is 1.69. The average Bonchev–Trinajstić information content (AvgIpc) is 2.93. The van der Waals surface area contributed by atoms with Gasteiger partial charge < -0.3 is 10.3 Å². The fourth-order valence-electron chi connectivity index (χ4n) is 2.52. The number of amides is 1. The van der Waals surface area contributed by atoms with E-state index in [1.807, 2.05) is 37.4 Å². The first-order chi connectivity index (χ1) is 10.6. The molecule has 0 aliphatic carbocycles. The second-order valence-corrected chi connectivity index (χ2v) is 5.46. The standard InChI is InChI=1S/C18H17FN2O/c1-12(18(22)21-15-8-6-14(19)7-9-15)10-13-11-20-17-5-3-2-4-16(13)17/h2-9,11-12,20H,10H2,1H3,(H,21,22)/t12-/m1/s1. The molecule has 1 atom stereocenters. The number of hydrogen-bond acceptors (Lipinski definition) is 1. The van der Waals surface area contributed by atoms with Crippen LogP contribution in [0.3, 0.4) is 0 Å². The molecule has 0 unspecified atom stereocenters. The maximum Gasteiger partial charge on any atom is 0.227 e. The maximum absolute atomic E-state index is 12.9. The molecule has 0 radical (unpaired) electrons. The highest BCUT2D eigenvalue weighted by Crippen LogP contribution is 2.21. The Hall–Kier alpha value is -2.62. The largest absolute Gasteiger partial charge is 0.361 e. The molecule has 3 nitrogen and oxygen atoms in total. The highest BCUT2D eigenvalue weighted by atomic mass is 19.1. The van der Waals surface area contributed by atoms with Crippen LogP contribution in [0.5, 0.6) is 0 Å². The van der Waals surface area contributed by atoms with Crippen molar-refractivity contribution in [2.24, 2.45) is 5.92 Å². The third-order valence-electron chi connectivity index (χ3n) is 3.76. The van der Waals surface area contributed by atoms with E-state index >= 15 is 0 Å². The lowest BCUT2D eigenvalue weighted by atomic mass is 10.00. The third-order valence-corrected chi connectivity index (χ3v) is 3.76. The molecule has 2 N–H and O–H groups in total. The van der Waals surface area contributed by atoms with Gasteiger partial charge in [-0.15, -0.1) is 0 Å². The molecule has 2 aromatic carbocycles. The molecule has 4 heteroatoms. The van der Waals surface area contributed by atoms with Gasteiger partial charge in [0.1, 0.15) is 5.82 Å². The van der Waals surface area contributed by atoms with Gasteiger partial charge >= 0.3 is 0 Å². The van der Waals surface area contributed by atoms with Crippen molar-refractivity contribution in [1.82, 2.24) is 4.98 Å². The van der Waals surface area contributed by atoms with Crippen LogP contribution in [-0.2, 0) is 11.2 Å². The van der Waals surface area contributed by atoms with Crippen molar-refractivity contribution in [3.05, 3.63) is 66.1 Å². The highest BCUT2D eigenvalue weighted by molar-refractivity contribution is 5.93. The Morgan fingerprint density at radius 3 is 2.68 bits per heavy atom. The van der Waals surface area contributed by atoms with Crippen LogP contribution in [0, 0.1) is 11.7 Å². The number of anilines is 1. The number of aromatic amines is 1. The third kappa shape index (κ3) is 3.01. The molecule has 0 saturated heterocycles. The van der Waals surface area contributed by atoms with E-state index in [2.05, 4.69) is 10.3 Å². The fourth-order valence-corrected chi connectivity index (χ4v) is 2.52. The summed E-state index contributed by atoms with van der Waals surface area (Å²) in [5.41, 5.74) is 2.80. The van der Waals surface area contributed by atoms with Gasteiger partial charge in [0.05, 0.1) is 0 Å². The summed E-state index contributed by atoms with van der Waals surface area (Å²) in [6.07, 6.45) is 2.60. The van der Waals surface area contributed by atoms with Crippen LogP contribution in [0.25, 0.3) is 10.9 Å². The van der Waals surface area contributed by atoms with Gasteiger partial charge in [0, 0.05) is 28.7 Å². The predicted molar refractivity (Wildman–Crippen MR) is 86.2 cm³/mol. The topological polar surface area (TPSA) is 44.9 Å². The predicted octanol–water partition coefficient (Wildman–Crippen LogP) is 4.12. The molecule has 1 aromatic heterocycles. The van der Waals surface area contributed by atoms with Crippen molar-refractivity contribution in [3.63, 3.8) is 0 Å². The maximum atomic E-state index is 12.9. The Labute approximate surface area is 128 Å². The molecular formula is C18H17FN2O. The molecule has 3 aromatic rings. The SMILES string of the molecule is C[C@H](Cc1c[nH]c2ccccc12)C(=O)Nc1ccc(F)cc1. The highest BCUT2D eigenvalue weighted by Gasteiger charge is 2.15. The van der Waals surface area contributed by atoms with Crippen molar-refractivity contribution in [2.45, 2.75) is 13.3 Å². The number of nitrogens with one attached hydrogen (secondary N) is 2. The van der Waals surface area contributed by atoms with E-state index in [0.717, 1.165) is 16.5 Å². The summed E-state index contributed by atoms with van der Waals surface area (Å²) in [6, 6.07) is 13.8. The van der Waals surface area contributed by atoms with Crippen molar-refractivity contribution in [2.75, 3.05) is 5.32 Å². The van der Waals surface area contributed by atoms with E-state index in [1.54, 1.807) is 12.1 Å². The minimum Gasteiger partial charge on any atom is -0.361 e. The normalized spacial score (nSPS) is 12.3. The Bertz CT molecular complexity index is 792. The van der Waals surface area contributed by atoms with Gasteiger partial charge in [-0.05, 0) is 42.3 Å². The minimum absolute atomic E-state index is 0.0723. The molecule has 1 heterocycles. The van der Waals surface area contributed by atoms with E-state index in [-0.39, 0.29) is 17.6 Å². The Kier molecular flexibility index (Phi) is 3.92. The molecule has 112 valence electrons. The Morgan fingerprint density at radius 2 is 1.91 bits per heavy atom. The lowest BCUT2D eigenvalue weighted by molar-refractivity contribution is -0.119. The summed E-state index contributed by atoms with van der Waals surface area (Å²) >= 11 is 0. The van der Waals surface area contributed by atoms with E-state index in [1.165, 1.54) is 12.1 Å². The number of halogens is 1. The zero-order valence-corrected chi connectivity index (χ0v) is 12.3. The van der Waals surface area contributed by atoms with Crippen LogP contribution >= 0.6 is 0 Å². The summed E-state index contributed by atoms with van der Waals surface area (Å²) < 4.78 is 12.9. The van der Waals surface area contributed by atoms with Gasteiger partial charge in [0.25, 0.3) is 0 Å². The number of benzene rings is 2. The van der Waals surface area contributed by atoms with E-state index in [0.29, 0.717) is 12.1 Å². The quantitative estimate of drug-likeness (QED) is 0.747. The molecule has 0 spiro atoms. The minimum atomic E-state index is -0.315. The number of H-pyrrole nitrogens is 1. The van der Waals surface area contributed by atoms with E-state index in [4.69, 9.17) is 0 Å². The van der Waals surface area contributed by atoms with Gasteiger partial charge in [-0.1, -0.05) is 25.1 Å². The first kappa shape index (κ1) is 14.3.